The van der Waals surface area contributed by atoms with Crippen molar-refractivity contribution < 1.29 is 4.43 Å². The molecule has 0 spiro atoms. The molecule has 0 radical (unpaired) electrons. The first-order valence-electron chi connectivity index (χ1n) is 8.49. The van der Waals surface area contributed by atoms with Gasteiger partial charge in [0.25, 0.3) is 0 Å². The van der Waals surface area contributed by atoms with Gasteiger partial charge < -0.3 is 4.43 Å². The van der Waals surface area contributed by atoms with Crippen molar-refractivity contribution in [1.82, 2.24) is 0 Å². The Morgan fingerprint density at radius 2 is 1.20 bits per heavy atom. The average molecular weight is 343 g/mol. The van der Waals surface area contributed by atoms with Gasteiger partial charge in [-0.25, -0.2) is 0 Å². The van der Waals surface area contributed by atoms with Gasteiger partial charge in [-0.15, -0.1) is 6.58 Å². The summed E-state index contributed by atoms with van der Waals surface area (Å²) in [6.07, 6.45) is 4.91. The number of benzene rings is 3. The van der Waals surface area contributed by atoms with E-state index >= 15 is 0 Å². The van der Waals surface area contributed by atoms with E-state index in [0.717, 1.165) is 12.2 Å². The molecule has 3 aromatic carbocycles. The average Bonchev–Trinajstić information content (AvgIpc) is 2.69. The summed E-state index contributed by atoms with van der Waals surface area (Å²) in [6, 6.07) is 31.2. The van der Waals surface area contributed by atoms with Gasteiger partial charge in [0.2, 0.25) is 0 Å². The lowest BCUT2D eigenvalue weighted by atomic mass is 10.3. The molecular formula is C23H22OSi. The summed E-state index contributed by atoms with van der Waals surface area (Å²) in [7, 11) is -2.55. The highest BCUT2D eigenvalue weighted by atomic mass is 28.4. The Morgan fingerprint density at radius 3 is 1.68 bits per heavy atom. The monoisotopic (exact) mass is 342 g/mol. The van der Waals surface area contributed by atoms with Crippen molar-refractivity contribution in [3.8, 4) is 5.75 Å². The second-order valence-corrected chi connectivity index (χ2v) is 8.97. The van der Waals surface area contributed by atoms with Gasteiger partial charge in [-0.05, 0) is 28.9 Å². The first-order valence-corrected chi connectivity index (χ1v) is 10.5. The Bertz CT molecular complexity index is 771. The Kier molecular flexibility index (Phi) is 5.65. The van der Waals surface area contributed by atoms with Crippen LogP contribution in [0.3, 0.4) is 0 Å². The van der Waals surface area contributed by atoms with E-state index < -0.39 is 8.32 Å². The molecule has 0 aliphatic rings. The van der Waals surface area contributed by atoms with Crippen LogP contribution in [0.4, 0.5) is 0 Å². The smallest absolute Gasteiger partial charge is 0.339 e. The lowest BCUT2D eigenvalue weighted by Gasteiger charge is -2.30. The molecule has 0 bridgehead atoms. The molecule has 0 saturated carbocycles. The Labute approximate surface area is 151 Å². The third-order valence-electron chi connectivity index (χ3n) is 4.08. The predicted molar refractivity (Wildman–Crippen MR) is 109 cm³/mol. The van der Waals surface area contributed by atoms with Crippen LogP contribution in [0.15, 0.2) is 115 Å². The summed E-state index contributed by atoms with van der Waals surface area (Å²) in [4.78, 5) is 0. The molecule has 3 aromatic rings. The van der Waals surface area contributed by atoms with E-state index in [1.807, 2.05) is 48.5 Å². The van der Waals surface area contributed by atoms with Crippen molar-refractivity contribution in [3.05, 3.63) is 115 Å². The Hall–Kier alpha value is -2.84. The normalized spacial score (nSPS) is 11.4. The highest BCUT2D eigenvalue weighted by molar-refractivity contribution is 7.01. The molecule has 0 unspecified atom stereocenters. The first-order chi connectivity index (χ1) is 12.3. The summed E-state index contributed by atoms with van der Waals surface area (Å²) >= 11 is 0. The van der Waals surface area contributed by atoms with Gasteiger partial charge in [0, 0.05) is 0 Å². The number of para-hydroxylation sites is 1. The highest BCUT2D eigenvalue weighted by Crippen LogP contribution is 2.17. The molecule has 0 aromatic heterocycles. The fourth-order valence-corrected chi connectivity index (χ4v) is 6.26. The summed E-state index contributed by atoms with van der Waals surface area (Å²) in [6.45, 7) is 3.83. The van der Waals surface area contributed by atoms with Gasteiger partial charge in [0.1, 0.15) is 5.75 Å². The second kappa shape index (κ2) is 8.31. The standard InChI is InChI=1S/C23H22OSi/c1-2-3-13-20-25(22-16-9-5-10-17-22,23-18-11-6-12-19-23)24-21-14-7-4-8-15-21/h2,4-20H,1,3H2/b20-13+. The molecule has 1 nitrogen and oxygen atoms in total. The van der Waals surface area contributed by atoms with Crippen molar-refractivity contribution in [1.29, 1.82) is 0 Å². The zero-order valence-electron chi connectivity index (χ0n) is 14.2. The first kappa shape index (κ1) is 17.0. The molecule has 25 heavy (non-hydrogen) atoms. The fourth-order valence-electron chi connectivity index (χ4n) is 2.89. The molecule has 3 rings (SSSR count). The van der Waals surface area contributed by atoms with E-state index in [1.54, 1.807) is 0 Å². The molecule has 124 valence electrons. The maximum atomic E-state index is 6.74. The van der Waals surface area contributed by atoms with E-state index in [-0.39, 0.29) is 0 Å². The third-order valence-corrected chi connectivity index (χ3v) is 7.73. The van der Waals surface area contributed by atoms with E-state index in [1.165, 1.54) is 10.4 Å². The van der Waals surface area contributed by atoms with Crippen molar-refractivity contribution in [2.75, 3.05) is 0 Å². The fraction of sp³-hybridized carbons (Fsp3) is 0.0435. The van der Waals surface area contributed by atoms with E-state index in [2.05, 4.69) is 66.9 Å². The van der Waals surface area contributed by atoms with E-state index in [4.69, 9.17) is 4.43 Å². The lowest BCUT2D eigenvalue weighted by Crippen LogP contribution is -2.62. The van der Waals surface area contributed by atoms with E-state index in [0.29, 0.717) is 0 Å². The maximum absolute atomic E-state index is 6.74. The van der Waals surface area contributed by atoms with Crippen LogP contribution in [0, 0.1) is 0 Å². The van der Waals surface area contributed by atoms with Crippen LogP contribution in [0.2, 0.25) is 0 Å². The number of allylic oxidation sites excluding steroid dienone is 2. The van der Waals surface area contributed by atoms with Crippen molar-refractivity contribution in [2.24, 2.45) is 0 Å². The number of rotatable bonds is 7. The van der Waals surface area contributed by atoms with Crippen LogP contribution in [0.1, 0.15) is 6.42 Å². The van der Waals surface area contributed by atoms with Crippen LogP contribution in [0.5, 0.6) is 5.75 Å². The van der Waals surface area contributed by atoms with Crippen LogP contribution >= 0.6 is 0 Å². The molecule has 0 aliphatic heterocycles. The van der Waals surface area contributed by atoms with Gasteiger partial charge in [-0.3, -0.25) is 0 Å². The number of hydrogen-bond acceptors (Lipinski definition) is 1. The summed E-state index contributed by atoms with van der Waals surface area (Å²) in [5.74, 6) is 0.894. The predicted octanol–water partition coefficient (Wildman–Crippen LogP) is 4.50. The molecule has 0 fully saturated rings. The molecule has 0 heterocycles. The molecule has 0 aliphatic carbocycles. The van der Waals surface area contributed by atoms with E-state index in [9.17, 15) is 0 Å². The van der Waals surface area contributed by atoms with Gasteiger partial charge in [0.15, 0.2) is 0 Å². The largest absolute Gasteiger partial charge is 0.531 e. The molecule has 0 N–H and O–H groups in total. The van der Waals surface area contributed by atoms with Crippen molar-refractivity contribution in [3.63, 3.8) is 0 Å². The molecule has 0 atom stereocenters. The van der Waals surface area contributed by atoms with Gasteiger partial charge in [-0.1, -0.05) is 96.7 Å². The van der Waals surface area contributed by atoms with Gasteiger partial charge >= 0.3 is 8.32 Å². The van der Waals surface area contributed by atoms with Gasteiger partial charge in [-0.2, -0.15) is 0 Å². The second-order valence-electron chi connectivity index (χ2n) is 5.81. The van der Waals surface area contributed by atoms with Crippen LogP contribution in [-0.2, 0) is 0 Å². The summed E-state index contributed by atoms with van der Waals surface area (Å²) < 4.78 is 6.74. The summed E-state index contributed by atoms with van der Waals surface area (Å²) in [5.41, 5.74) is 2.27. The lowest BCUT2D eigenvalue weighted by molar-refractivity contribution is 0.576. The summed E-state index contributed by atoms with van der Waals surface area (Å²) in [5, 5.41) is 2.45. The Balaban J connectivity index is 2.17. The van der Waals surface area contributed by atoms with Gasteiger partial charge in [0.05, 0.1) is 0 Å². The highest BCUT2D eigenvalue weighted by Gasteiger charge is 2.39. The third kappa shape index (κ3) is 3.98. The maximum Gasteiger partial charge on any atom is 0.339 e. The molecule has 0 amide bonds. The number of hydrogen-bond donors (Lipinski definition) is 0. The molecule has 2 heteroatoms. The minimum absolute atomic E-state index is 0.826. The topological polar surface area (TPSA) is 9.23 Å². The van der Waals surface area contributed by atoms with Crippen LogP contribution < -0.4 is 14.8 Å². The van der Waals surface area contributed by atoms with Crippen LogP contribution in [-0.4, -0.2) is 8.32 Å². The SMILES string of the molecule is C=CC/C=C/[Si](Oc1ccccc1)(c1ccccc1)c1ccccc1. The molecular weight excluding hydrogens is 320 g/mol. The van der Waals surface area contributed by atoms with Crippen molar-refractivity contribution >= 4 is 18.7 Å². The zero-order chi connectivity index (χ0) is 17.4. The van der Waals surface area contributed by atoms with Crippen LogP contribution in [0.25, 0.3) is 0 Å². The minimum Gasteiger partial charge on any atom is -0.531 e. The minimum atomic E-state index is -2.55. The quantitative estimate of drug-likeness (QED) is 0.454. The van der Waals surface area contributed by atoms with Crippen molar-refractivity contribution in [2.45, 2.75) is 6.42 Å². The molecule has 0 saturated heterocycles. The zero-order valence-corrected chi connectivity index (χ0v) is 15.2. The Morgan fingerprint density at radius 1 is 0.720 bits per heavy atom.